The monoisotopic (exact) mass is 220 g/mol. The third-order valence-corrected chi connectivity index (χ3v) is 2.81. The zero-order valence-corrected chi connectivity index (χ0v) is 9.35. The Labute approximate surface area is 95.0 Å². The van der Waals surface area contributed by atoms with Gasteiger partial charge in [-0.05, 0) is 31.9 Å². The van der Waals surface area contributed by atoms with Gasteiger partial charge in [0.15, 0.2) is 0 Å². The van der Waals surface area contributed by atoms with Crippen molar-refractivity contribution in [1.29, 1.82) is 0 Å². The summed E-state index contributed by atoms with van der Waals surface area (Å²) in [5, 5.41) is 2.93. The summed E-state index contributed by atoms with van der Waals surface area (Å²) in [5.41, 5.74) is 0.590. The van der Waals surface area contributed by atoms with Gasteiger partial charge >= 0.3 is 0 Å². The number of carbonyl (C=O) groups is 1. The SMILES string of the molecule is C[C@@H](NC(=O)c1cccnc1)[C@H]1CCCO1. The van der Waals surface area contributed by atoms with Gasteiger partial charge in [-0.2, -0.15) is 0 Å². The molecule has 0 radical (unpaired) electrons. The van der Waals surface area contributed by atoms with Crippen LogP contribution in [0.3, 0.4) is 0 Å². The van der Waals surface area contributed by atoms with Crippen molar-refractivity contribution < 1.29 is 9.53 Å². The second kappa shape index (κ2) is 5.07. The van der Waals surface area contributed by atoms with E-state index in [1.807, 2.05) is 6.92 Å². The minimum absolute atomic E-state index is 0.0511. The maximum absolute atomic E-state index is 11.8. The summed E-state index contributed by atoms with van der Waals surface area (Å²) in [5.74, 6) is -0.0869. The van der Waals surface area contributed by atoms with Crippen LogP contribution in [0.25, 0.3) is 0 Å². The average molecular weight is 220 g/mol. The summed E-state index contributed by atoms with van der Waals surface area (Å²) in [4.78, 5) is 15.7. The van der Waals surface area contributed by atoms with E-state index in [0.29, 0.717) is 5.56 Å². The molecule has 4 nitrogen and oxygen atoms in total. The Morgan fingerprint density at radius 3 is 3.19 bits per heavy atom. The number of hydrogen-bond acceptors (Lipinski definition) is 3. The normalized spacial score (nSPS) is 21.7. The lowest BCUT2D eigenvalue weighted by atomic mass is 10.1. The second-order valence-electron chi connectivity index (χ2n) is 4.06. The molecule has 1 aliphatic heterocycles. The van der Waals surface area contributed by atoms with Gasteiger partial charge in [-0.3, -0.25) is 9.78 Å². The smallest absolute Gasteiger partial charge is 0.253 e. The van der Waals surface area contributed by atoms with Crippen molar-refractivity contribution in [2.24, 2.45) is 0 Å². The van der Waals surface area contributed by atoms with Crippen molar-refractivity contribution in [3.63, 3.8) is 0 Å². The first-order valence-corrected chi connectivity index (χ1v) is 5.60. The number of nitrogens with one attached hydrogen (secondary N) is 1. The van der Waals surface area contributed by atoms with Crippen LogP contribution in [-0.2, 0) is 4.74 Å². The molecular formula is C12H16N2O2. The van der Waals surface area contributed by atoms with Gasteiger partial charge in [0.05, 0.1) is 17.7 Å². The molecule has 2 heterocycles. The lowest BCUT2D eigenvalue weighted by Gasteiger charge is -2.19. The highest BCUT2D eigenvalue weighted by Gasteiger charge is 2.23. The number of carbonyl (C=O) groups excluding carboxylic acids is 1. The third-order valence-electron chi connectivity index (χ3n) is 2.81. The van der Waals surface area contributed by atoms with E-state index in [2.05, 4.69) is 10.3 Å². The number of nitrogens with zero attached hydrogens (tertiary/aromatic N) is 1. The fourth-order valence-corrected chi connectivity index (χ4v) is 1.88. The summed E-state index contributed by atoms with van der Waals surface area (Å²) < 4.78 is 5.52. The van der Waals surface area contributed by atoms with Crippen LogP contribution < -0.4 is 5.32 Å². The first-order valence-electron chi connectivity index (χ1n) is 5.60. The molecule has 2 atom stereocenters. The molecular weight excluding hydrogens is 204 g/mol. The topological polar surface area (TPSA) is 51.2 Å². The van der Waals surface area contributed by atoms with Crippen molar-refractivity contribution in [3.05, 3.63) is 30.1 Å². The lowest BCUT2D eigenvalue weighted by molar-refractivity contribution is 0.0712. The number of pyridine rings is 1. The maximum atomic E-state index is 11.8. The summed E-state index contributed by atoms with van der Waals surface area (Å²) in [6, 6.07) is 3.56. The Morgan fingerprint density at radius 2 is 2.56 bits per heavy atom. The van der Waals surface area contributed by atoms with Crippen molar-refractivity contribution in [2.75, 3.05) is 6.61 Å². The van der Waals surface area contributed by atoms with Crippen molar-refractivity contribution in [1.82, 2.24) is 10.3 Å². The van der Waals surface area contributed by atoms with Gasteiger partial charge in [0.2, 0.25) is 0 Å². The van der Waals surface area contributed by atoms with Crippen molar-refractivity contribution in [2.45, 2.75) is 31.9 Å². The van der Waals surface area contributed by atoms with E-state index < -0.39 is 0 Å². The first-order chi connectivity index (χ1) is 7.77. The molecule has 1 aromatic rings. The van der Waals surface area contributed by atoms with Crippen molar-refractivity contribution in [3.8, 4) is 0 Å². The molecule has 4 heteroatoms. The number of amides is 1. The van der Waals surface area contributed by atoms with Crippen LogP contribution in [-0.4, -0.2) is 29.6 Å². The van der Waals surface area contributed by atoms with E-state index >= 15 is 0 Å². The van der Waals surface area contributed by atoms with Gasteiger partial charge in [-0.1, -0.05) is 0 Å². The largest absolute Gasteiger partial charge is 0.376 e. The number of rotatable bonds is 3. The Balaban J connectivity index is 1.92. The molecule has 0 bridgehead atoms. The molecule has 86 valence electrons. The minimum atomic E-state index is -0.0869. The van der Waals surface area contributed by atoms with Crippen molar-refractivity contribution >= 4 is 5.91 Å². The molecule has 16 heavy (non-hydrogen) atoms. The Hall–Kier alpha value is -1.42. The van der Waals surface area contributed by atoms with Crippen LogP contribution in [0.1, 0.15) is 30.1 Å². The van der Waals surface area contributed by atoms with Crippen LogP contribution in [0, 0.1) is 0 Å². The Bertz CT molecular complexity index is 347. The standard InChI is InChI=1S/C12H16N2O2/c1-9(11-5-3-7-16-11)14-12(15)10-4-2-6-13-8-10/h2,4,6,8-9,11H,3,5,7H2,1H3,(H,14,15)/t9-,11-/m1/s1. The molecule has 1 aromatic heterocycles. The van der Waals surface area contributed by atoms with Gasteiger partial charge in [-0.15, -0.1) is 0 Å². The van der Waals surface area contributed by atoms with Crippen LogP contribution in [0.15, 0.2) is 24.5 Å². The van der Waals surface area contributed by atoms with Gasteiger partial charge in [-0.25, -0.2) is 0 Å². The van der Waals surface area contributed by atoms with Gasteiger partial charge in [0, 0.05) is 19.0 Å². The van der Waals surface area contributed by atoms with Gasteiger partial charge in [0.1, 0.15) is 0 Å². The molecule has 0 aromatic carbocycles. The van der Waals surface area contributed by atoms with Crippen LogP contribution >= 0.6 is 0 Å². The lowest BCUT2D eigenvalue weighted by Crippen LogP contribution is -2.40. The molecule has 1 aliphatic rings. The zero-order chi connectivity index (χ0) is 11.4. The van der Waals surface area contributed by atoms with E-state index in [1.165, 1.54) is 0 Å². The summed E-state index contributed by atoms with van der Waals surface area (Å²) in [6.45, 7) is 2.78. The van der Waals surface area contributed by atoms with E-state index in [0.717, 1.165) is 19.4 Å². The predicted octanol–water partition coefficient (Wildman–Crippen LogP) is 1.38. The number of hydrogen-bond donors (Lipinski definition) is 1. The quantitative estimate of drug-likeness (QED) is 0.837. The fourth-order valence-electron chi connectivity index (χ4n) is 1.88. The molecule has 2 rings (SSSR count). The highest BCUT2D eigenvalue weighted by atomic mass is 16.5. The first kappa shape index (κ1) is 11.1. The minimum Gasteiger partial charge on any atom is -0.376 e. The van der Waals surface area contributed by atoms with E-state index in [9.17, 15) is 4.79 Å². The zero-order valence-electron chi connectivity index (χ0n) is 9.35. The molecule has 0 unspecified atom stereocenters. The van der Waals surface area contributed by atoms with Gasteiger partial charge < -0.3 is 10.1 Å². The molecule has 1 fully saturated rings. The summed E-state index contributed by atoms with van der Waals surface area (Å²) in [7, 11) is 0. The summed E-state index contributed by atoms with van der Waals surface area (Å²) in [6.07, 6.45) is 5.48. The third kappa shape index (κ3) is 2.58. The Kier molecular flexibility index (Phi) is 3.51. The highest BCUT2D eigenvalue weighted by Crippen LogP contribution is 2.15. The number of ether oxygens (including phenoxy) is 1. The highest BCUT2D eigenvalue weighted by molar-refractivity contribution is 5.94. The molecule has 1 N–H and O–H groups in total. The van der Waals surface area contributed by atoms with E-state index in [4.69, 9.17) is 4.74 Å². The van der Waals surface area contributed by atoms with Crippen LogP contribution in [0.5, 0.6) is 0 Å². The van der Waals surface area contributed by atoms with Gasteiger partial charge in [0.25, 0.3) is 5.91 Å². The molecule has 1 amide bonds. The fraction of sp³-hybridized carbons (Fsp3) is 0.500. The number of aromatic nitrogens is 1. The second-order valence-corrected chi connectivity index (χ2v) is 4.06. The molecule has 0 aliphatic carbocycles. The summed E-state index contributed by atoms with van der Waals surface area (Å²) >= 11 is 0. The van der Waals surface area contributed by atoms with Crippen LogP contribution in [0.2, 0.25) is 0 Å². The molecule has 0 saturated carbocycles. The molecule has 0 spiro atoms. The van der Waals surface area contributed by atoms with E-state index in [1.54, 1.807) is 24.5 Å². The predicted molar refractivity (Wildman–Crippen MR) is 60.1 cm³/mol. The molecule has 1 saturated heterocycles. The van der Waals surface area contributed by atoms with E-state index in [-0.39, 0.29) is 18.1 Å². The Morgan fingerprint density at radius 1 is 1.69 bits per heavy atom. The van der Waals surface area contributed by atoms with Crippen LogP contribution in [0.4, 0.5) is 0 Å². The average Bonchev–Trinajstić information content (AvgIpc) is 2.83. The maximum Gasteiger partial charge on any atom is 0.253 e.